The molecule has 2 aromatic rings. The smallest absolute Gasteiger partial charge is 0.338 e. The average molecular weight is 445 g/mol. The van der Waals surface area contributed by atoms with E-state index in [9.17, 15) is 19.2 Å². The Morgan fingerprint density at radius 1 is 1.11 bits per heavy atom. The quantitative estimate of drug-likeness (QED) is 0.564. The fraction of sp³-hybridized carbons (Fsp3) is 0.200. The summed E-state index contributed by atoms with van der Waals surface area (Å²) in [5, 5.41) is 2.65. The van der Waals surface area contributed by atoms with Gasteiger partial charge < -0.3 is 10.1 Å². The molecule has 0 spiro atoms. The second-order valence-corrected chi connectivity index (χ2v) is 7.12. The van der Waals surface area contributed by atoms with Crippen LogP contribution in [0.25, 0.3) is 0 Å². The van der Waals surface area contributed by atoms with E-state index >= 15 is 0 Å². The monoisotopic (exact) mass is 444 g/mol. The molecule has 0 aromatic heterocycles. The lowest BCUT2D eigenvalue weighted by Crippen LogP contribution is -2.28. The molecule has 1 N–H and O–H groups in total. The number of esters is 1. The van der Waals surface area contributed by atoms with E-state index < -0.39 is 18.5 Å². The van der Waals surface area contributed by atoms with E-state index in [1.165, 1.54) is 12.1 Å². The van der Waals surface area contributed by atoms with E-state index in [-0.39, 0.29) is 30.2 Å². The molecule has 0 saturated carbocycles. The Labute approximate surface area is 169 Å². The van der Waals surface area contributed by atoms with Gasteiger partial charge in [-0.05, 0) is 48.9 Å². The minimum atomic E-state index is -0.719. The molecule has 28 heavy (non-hydrogen) atoms. The molecule has 1 heterocycles. The van der Waals surface area contributed by atoms with Crippen LogP contribution in [0.4, 0.5) is 11.4 Å². The van der Waals surface area contributed by atoms with Crippen molar-refractivity contribution < 1.29 is 23.9 Å². The van der Waals surface area contributed by atoms with E-state index in [0.717, 1.165) is 14.9 Å². The summed E-state index contributed by atoms with van der Waals surface area (Å²) >= 11 is 3.38. The Morgan fingerprint density at radius 3 is 2.50 bits per heavy atom. The first-order chi connectivity index (χ1) is 13.3. The van der Waals surface area contributed by atoms with Crippen molar-refractivity contribution in [3.63, 3.8) is 0 Å². The molecule has 144 valence electrons. The van der Waals surface area contributed by atoms with Gasteiger partial charge in [0, 0.05) is 23.0 Å². The Balaban J connectivity index is 1.61. The third-order valence-electron chi connectivity index (χ3n) is 4.17. The fourth-order valence-corrected chi connectivity index (χ4v) is 3.02. The molecule has 0 atom stereocenters. The maximum absolute atomic E-state index is 12.2. The molecule has 3 amide bonds. The van der Waals surface area contributed by atoms with Crippen LogP contribution in [0.5, 0.6) is 0 Å². The molecular formula is C20H17BrN2O5. The predicted molar refractivity (Wildman–Crippen MR) is 106 cm³/mol. The number of aryl methyl sites for hydroxylation is 1. The Hall–Kier alpha value is -3.00. The maximum atomic E-state index is 12.2. The summed E-state index contributed by atoms with van der Waals surface area (Å²) in [4.78, 5) is 49.0. The fourth-order valence-electron chi connectivity index (χ4n) is 2.77. The van der Waals surface area contributed by atoms with Crippen molar-refractivity contribution in [3.05, 3.63) is 58.1 Å². The zero-order valence-corrected chi connectivity index (χ0v) is 16.6. The number of carbonyl (C=O) groups excluding carboxylic acids is 4. The summed E-state index contributed by atoms with van der Waals surface area (Å²) in [5.41, 5.74) is 2.02. The van der Waals surface area contributed by atoms with Crippen LogP contribution < -0.4 is 10.2 Å². The highest BCUT2D eigenvalue weighted by molar-refractivity contribution is 9.10. The van der Waals surface area contributed by atoms with Gasteiger partial charge in [0.15, 0.2) is 6.61 Å². The number of anilines is 2. The van der Waals surface area contributed by atoms with E-state index in [2.05, 4.69) is 21.2 Å². The lowest BCUT2D eigenvalue weighted by molar-refractivity contribution is -0.121. The summed E-state index contributed by atoms with van der Waals surface area (Å²) in [5.74, 6) is -1.81. The molecule has 0 unspecified atom stereocenters. The lowest BCUT2D eigenvalue weighted by Gasteiger charge is -2.14. The number of nitrogens with one attached hydrogen (secondary N) is 1. The average Bonchev–Trinajstić information content (AvgIpc) is 3.01. The number of nitrogens with zero attached hydrogens (tertiary/aromatic N) is 1. The van der Waals surface area contributed by atoms with Gasteiger partial charge in [-0.2, -0.15) is 0 Å². The Kier molecular flexibility index (Phi) is 5.89. The second kappa shape index (κ2) is 8.35. The first-order valence-electron chi connectivity index (χ1n) is 8.54. The van der Waals surface area contributed by atoms with Gasteiger partial charge in [0.1, 0.15) is 0 Å². The molecule has 1 aliphatic rings. The zero-order chi connectivity index (χ0) is 20.3. The molecule has 0 bridgehead atoms. The molecule has 2 aromatic carbocycles. The van der Waals surface area contributed by atoms with Crippen molar-refractivity contribution in [3.8, 4) is 0 Å². The van der Waals surface area contributed by atoms with Crippen LogP contribution in [-0.2, 0) is 19.1 Å². The van der Waals surface area contributed by atoms with Crippen LogP contribution in [-0.4, -0.2) is 30.3 Å². The Bertz CT molecular complexity index is 957. The minimum Gasteiger partial charge on any atom is -0.452 e. The standard InChI is InChI=1S/C20H17BrN2O5/c1-12-9-14(5-6-16(12)21)22-17(24)11-28-20(27)13-3-2-4-15(10-13)23-18(25)7-8-19(23)26/h2-6,9-10H,7-8,11H2,1H3,(H,22,24). The van der Waals surface area contributed by atoms with Gasteiger partial charge in [-0.3, -0.25) is 19.3 Å². The minimum absolute atomic E-state index is 0.150. The normalized spacial score (nSPS) is 13.6. The largest absolute Gasteiger partial charge is 0.452 e. The molecule has 3 rings (SSSR count). The van der Waals surface area contributed by atoms with Crippen molar-refractivity contribution in [2.75, 3.05) is 16.8 Å². The number of halogens is 1. The molecule has 0 aliphatic carbocycles. The number of carbonyl (C=O) groups is 4. The van der Waals surface area contributed by atoms with Crippen LogP contribution in [0.15, 0.2) is 46.9 Å². The van der Waals surface area contributed by atoms with Crippen molar-refractivity contribution in [2.24, 2.45) is 0 Å². The van der Waals surface area contributed by atoms with E-state index in [0.29, 0.717) is 11.4 Å². The molecule has 1 fully saturated rings. The van der Waals surface area contributed by atoms with Crippen molar-refractivity contribution >= 4 is 51.0 Å². The van der Waals surface area contributed by atoms with E-state index in [1.807, 2.05) is 13.0 Å². The Morgan fingerprint density at radius 2 is 1.82 bits per heavy atom. The molecular weight excluding hydrogens is 428 g/mol. The van der Waals surface area contributed by atoms with Gasteiger partial charge in [0.25, 0.3) is 5.91 Å². The van der Waals surface area contributed by atoms with Crippen LogP contribution in [0.2, 0.25) is 0 Å². The first-order valence-corrected chi connectivity index (χ1v) is 9.33. The molecule has 8 heteroatoms. The highest BCUT2D eigenvalue weighted by Crippen LogP contribution is 2.24. The number of imide groups is 1. The zero-order valence-electron chi connectivity index (χ0n) is 15.0. The maximum Gasteiger partial charge on any atom is 0.338 e. The molecule has 0 radical (unpaired) electrons. The third-order valence-corrected chi connectivity index (χ3v) is 5.06. The van der Waals surface area contributed by atoms with Crippen LogP contribution in [0, 0.1) is 6.92 Å². The van der Waals surface area contributed by atoms with Crippen molar-refractivity contribution in [1.82, 2.24) is 0 Å². The lowest BCUT2D eigenvalue weighted by atomic mass is 10.2. The number of ether oxygens (including phenoxy) is 1. The summed E-state index contributed by atoms with van der Waals surface area (Å²) in [6.45, 7) is 1.43. The van der Waals surface area contributed by atoms with Crippen LogP contribution >= 0.6 is 15.9 Å². The third kappa shape index (κ3) is 4.45. The van der Waals surface area contributed by atoms with Crippen LogP contribution in [0.3, 0.4) is 0 Å². The summed E-state index contributed by atoms with van der Waals surface area (Å²) in [7, 11) is 0. The van der Waals surface area contributed by atoms with Gasteiger partial charge in [0.2, 0.25) is 11.8 Å². The van der Waals surface area contributed by atoms with Gasteiger partial charge in [0.05, 0.1) is 11.3 Å². The van der Waals surface area contributed by atoms with Crippen molar-refractivity contribution in [2.45, 2.75) is 19.8 Å². The molecule has 7 nitrogen and oxygen atoms in total. The second-order valence-electron chi connectivity index (χ2n) is 6.26. The van der Waals surface area contributed by atoms with E-state index in [1.54, 1.807) is 24.3 Å². The number of hydrogen-bond donors (Lipinski definition) is 1. The van der Waals surface area contributed by atoms with Gasteiger partial charge in [-0.25, -0.2) is 4.79 Å². The van der Waals surface area contributed by atoms with Crippen molar-refractivity contribution in [1.29, 1.82) is 0 Å². The molecule has 1 aliphatic heterocycles. The van der Waals surface area contributed by atoms with Crippen LogP contribution in [0.1, 0.15) is 28.8 Å². The number of amides is 3. The number of rotatable bonds is 5. The summed E-state index contributed by atoms with van der Waals surface area (Å²) in [6, 6.07) is 11.3. The highest BCUT2D eigenvalue weighted by atomic mass is 79.9. The first kappa shape index (κ1) is 19.8. The highest BCUT2D eigenvalue weighted by Gasteiger charge is 2.30. The topological polar surface area (TPSA) is 92.8 Å². The van der Waals surface area contributed by atoms with Gasteiger partial charge in [-0.15, -0.1) is 0 Å². The van der Waals surface area contributed by atoms with Gasteiger partial charge >= 0.3 is 5.97 Å². The van der Waals surface area contributed by atoms with E-state index in [4.69, 9.17) is 4.74 Å². The van der Waals surface area contributed by atoms with Gasteiger partial charge in [-0.1, -0.05) is 22.0 Å². The summed E-state index contributed by atoms with van der Waals surface area (Å²) in [6.07, 6.45) is 0.312. The number of hydrogen-bond acceptors (Lipinski definition) is 5. The molecule has 1 saturated heterocycles. The SMILES string of the molecule is Cc1cc(NC(=O)COC(=O)c2cccc(N3C(=O)CCC3=O)c2)ccc1Br. The predicted octanol–water partition coefficient (Wildman–Crippen LogP) is 3.21. The number of benzene rings is 2. The summed E-state index contributed by atoms with van der Waals surface area (Å²) < 4.78 is 5.96.